The molecule has 0 spiro atoms. The third-order valence-corrected chi connectivity index (χ3v) is 12.5. The van der Waals surface area contributed by atoms with Gasteiger partial charge in [0.15, 0.2) is 0 Å². The summed E-state index contributed by atoms with van der Waals surface area (Å²) >= 11 is 0. The van der Waals surface area contributed by atoms with E-state index in [1.54, 1.807) is 0 Å². The first-order valence-corrected chi connectivity index (χ1v) is 15.1. The molecular weight excluding hydrogens is 438 g/mol. The Labute approximate surface area is 200 Å². The van der Waals surface area contributed by atoms with Crippen LogP contribution >= 0.6 is 15.1 Å². The molecule has 0 aliphatic carbocycles. The highest BCUT2D eigenvalue weighted by Gasteiger charge is 2.35. The molecule has 0 saturated carbocycles. The number of rotatable bonds is 10. The number of benzene rings is 4. The van der Waals surface area contributed by atoms with E-state index in [-0.39, 0.29) is 0 Å². The molecule has 0 aromatic heterocycles. The highest BCUT2D eigenvalue weighted by atomic mass is 31.2. The molecule has 33 heavy (non-hydrogen) atoms. The molecule has 0 aliphatic rings. The fourth-order valence-corrected chi connectivity index (χ4v) is 11.2. The van der Waals surface area contributed by atoms with Gasteiger partial charge >= 0.3 is 0 Å². The standard InChI is InChI=1S/C30H32OP2/c1-2-3-16-28(32(26-17-8-4-9-18-26)27-19-10-5-11-20-27)25-33(31,29-21-12-6-13-22-29)30-23-14-7-15-24-30/h4-15,17-24,28H,2-3,16,25H2,1H3/t28-/m1/s1. The second-order valence-corrected chi connectivity index (χ2v) is 13.8. The molecule has 168 valence electrons. The summed E-state index contributed by atoms with van der Waals surface area (Å²) in [6.07, 6.45) is 4.06. The zero-order chi connectivity index (χ0) is 22.9. The Kier molecular flexibility index (Phi) is 8.33. The lowest BCUT2D eigenvalue weighted by Crippen LogP contribution is -2.29. The van der Waals surface area contributed by atoms with E-state index in [1.165, 1.54) is 10.6 Å². The van der Waals surface area contributed by atoms with E-state index in [0.29, 0.717) is 11.8 Å². The molecule has 0 N–H and O–H groups in total. The molecule has 0 bridgehead atoms. The predicted octanol–water partition coefficient (Wildman–Crippen LogP) is 6.69. The monoisotopic (exact) mass is 470 g/mol. The molecule has 3 heteroatoms. The fraction of sp³-hybridized carbons (Fsp3) is 0.200. The maximum atomic E-state index is 15.0. The second kappa shape index (κ2) is 11.6. The minimum absolute atomic E-state index is 0.330. The van der Waals surface area contributed by atoms with Crippen LogP contribution in [0.15, 0.2) is 121 Å². The van der Waals surface area contributed by atoms with Gasteiger partial charge in [0, 0.05) is 16.8 Å². The molecule has 4 aromatic rings. The van der Waals surface area contributed by atoms with Crippen LogP contribution in [0.2, 0.25) is 0 Å². The van der Waals surface area contributed by atoms with E-state index in [4.69, 9.17) is 0 Å². The maximum Gasteiger partial charge on any atom is 0.143 e. The first kappa shape index (κ1) is 23.7. The maximum absolute atomic E-state index is 15.0. The van der Waals surface area contributed by atoms with Crippen molar-refractivity contribution in [2.45, 2.75) is 31.8 Å². The Bertz CT molecular complexity index is 1060. The minimum Gasteiger partial charge on any atom is -0.314 e. The molecular formula is C30H32OP2. The van der Waals surface area contributed by atoms with Gasteiger partial charge in [-0.1, -0.05) is 141 Å². The van der Waals surface area contributed by atoms with Crippen molar-refractivity contribution < 1.29 is 4.57 Å². The van der Waals surface area contributed by atoms with Crippen LogP contribution in [0.25, 0.3) is 0 Å². The molecule has 0 fully saturated rings. The number of hydrogen-bond acceptors (Lipinski definition) is 1. The van der Waals surface area contributed by atoms with Crippen molar-refractivity contribution in [3.8, 4) is 0 Å². The summed E-state index contributed by atoms with van der Waals surface area (Å²) in [5.74, 6) is 0. The summed E-state index contributed by atoms with van der Waals surface area (Å²) in [4.78, 5) is 0. The zero-order valence-corrected chi connectivity index (χ0v) is 21.0. The van der Waals surface area contributed by atoms with Gasteiger partial charge in [-0.05, 0) is 30.6 Å². The van der Waals surface area contributed by atoms with Crippen LogP contribution in [0.1, 0.15) is 26.2 Å². The minimum atomic E-state index is -2.80. The normalized spacial score (nSPS) is 12.5. The van der Waals surface area contributed by atoms with Crippen LogP contribution in [0.5, 0.6) is 0 Å². The summed E-state index contributed by atoms with van der Waals surface area (Å²) in [5.41, 5.74) is 0.330. The SMILES string of the molecule is CCCC[C@H](CP(=O)(c1ccccc1)c1ccccc1)P(c1ccccc1)c1ccccc1. The van der Waals surface area contributed by atoms with Crippen LogP contribution in [0.3, 0.4) is 0 Å². The van der Waals surface area contributed by atoms with Crippen molar-refractivity contribution in [3.05, 3.63) is 121 Å². The van der Waals surface area contributed by atoms with Crippen molar-refractivity contribution in [2.24, 2.45) is 0 Å². The third kappa shape index (κ3) is 5.73. The van der Waals surface area contributed by atoms with Gasteiger partial charge in [-0.15, -0.1) is 0 Å². The average molecular weight is 471 g/mol. The summed E-state index contributed by atoms with van der Waals surface area (Å²) in [5, 5.41) is 4.67. The van der Waals surface area contributed by atoms with E-state index < -0.39 is 15.1 Å². The highest BCUT2D eigenvalue weighted by molar-refractivity contribution is 7.80. The first-order valence-electron chi connectivity index (χ1n) is 11.8. The first-order chi connectivity index (χ1) is 16.2. The van der Waals surface area contributed by atoms with Gasteiger partial charge in [-0.25, -0.2) is 0 Å². The lowest BCUT2D eigenvalue weighted by atomic mass is 10.2. The summed E-state index contributed by atoms with van der Waals surface area (Å²) in [7, 11) is -3.44. The molecule has 1 atom stereocenters. The molecule has 4 aromatic carbocycles. The Morgan fingerprint density at radius 2 is 1.03 bits per heavy atom. The van der Waals surface area contributed by atoms with Crippen LogP contribution in [0, 0.1) is 0 Å². The van der Waals surface area contributed by atoms with E-state index in [9.17, 15) is 4.57 Å². The zero-order valence-electron chi connectivity index (χ0n) is 19.3. The van der Waals surface area contributed by atoms with Crippen molar-refractivity contribution in [1.29, 1.82) is 0 Å². The predicted molar refractivity (Wildman–Crippen MR) is 147 cm³/mol. The third-order valence-electron chi connectivity index (χ3n) is 6.14. The molecule has 0 saturated heterocycles. The Balaban J connectivity index is 1.83. The molecule has 0 radical (unpaired) electrons. The lowest BCUT2D eigenvalue weighted by molar-refractivity contribution is 0.583. The molecule has 0 amide bonds. The van der Waals surface area contributed by atoms with Gasteiger partial charge in [-0.3, -0.25) is 0 Å². The molecule has 0 heterocycles. The van der Waals surface area contributed by atoms with E-state index in [0.717, 1.165) is 29.9 Å². The van der Waals surface area contributed by atoms with Crippen LogP contribution in [-0.4, -0.2) is 11.8 Å². The molecule has 0 aliphatic heterocycles. The second-order valence-electron chi connectivity index (χ2n) is 8.43. The van der Waals surface area contributed by atoms with Crippen LogP contribution < -0.4 is 21.2 Å². The van der Waals surface area contributed by atoms with E-state index in [2.05, 4.69) is 91.9 Å². The van der Waals surface area contributed by atoms with Gasteiger partial charge in [0.2, 0.25) is 0 Å². The van der Waals surface area contributed by atoms with Gasteiger partial charge in [-0.2, -0.15) is 0 Å². The quantitative estimate of drug-likeness (QED) is 0.236. The molecule has 0 unspecified atom stereocenters. The largest absolute Gasteiger partial charge is 0.314 e. The Morgan fingerprint density at radius 3 is 1.42 bits per heavy atom. The summed E-state index contributed by atoms with van der Waals surface area (Å²) in [6.45, 7) is 2.25. The van der Waals surface area contributed by atoms with Gasteiger partial charge in [0.05, 0.1) is 0 Å². The average Bonchev–Trinajstić information content (AvgIpc) is 2.89. The fourth-order valence-electron chi connectivity index (χ4n) is 4.48. The number of unbranched alkanes of at least 4 members (excludes halogenated alkanes) is 1. The van der Waals surface area contributed by atoms with Gasteiger partial charge < -0.3 is 4.57 Å². The summed E-state index contributed by atoms with van der Waals surface area (Å²) in [6, 6.07) is 42.0. The highest BCUT2D eigenvalue weighted by Crippen LogP contribution is 2.52. The van der Waals surface area contributed by atoms with Crippen molar-refractivity contribution >= 4 is 36.3 Å². The summed E-state index contributed by atoms with van der Waals surface area (Å²) < 4.78 is 15.0. The van der Waals surface area contributed by atoms with Crippen LogP contribution in [0.4, 0.5) is 0 Å². The lowest BCUT2D eigenvalue weighted by Gasteiger charge is -2.32. The Morgan fingerprint density at radius 1 is 0.636 bits per heavy atom. The van der Waals surface area contributed by atoms with Gasteiger partial charge in [0.25, 0.3) is 0 Å². The van der Waals surface area contributed by atoms with Crippen molar-refractivity contribution in [2.75, 3.05) is 6.16 Å². The smallest absolute Gasteiger partial charge is 0.143 e. The van der Waals surface area contributed by atoms with Crippen molar-refractivity contribution in [1.82, 2.24) is 0 Å². The van der Waals surface area contributed by atoms with E-state index >= 15 is 0 Å². The van der Waals surface area contributed by atoms with Crippen molar-refractivity contribution in [3.63, 3.8) is 0 Å². The topological polar surface area (TPSA) is 17.1 Å². The molecule has 1 nitrogen and oxygen atoms in total. The van der Waals surface area contributed by atoms with Gasteiger partial charge in [0.1, 0.15) is 7.14 Å². The van der Waals surface area contributed by atoms with E-state index in [1.807, 2.05) is 36.4 Å². The Hall–Kier alpha value is -2.46. The molecule has 4 rings (SSSR count). The van der Waals surface area contributed by atoms with Crippen LogP contribution in [-0.2, 0) is 4.57 Å². The number of hydrogen-bond donors (Lipinski definition) is 0.